The van der Waals surface area contributed by atoms with E-state index in [0.717, 1.165) is 40.0 Å². The molecule has 0 unspecified atom stereocenters. The maximum Gasteiger partial charge on any atom is 0.274 e. The first-order valence-electron chi connectivity index (χ1n) is 11.6. The minimum absolute atomic E-state index is 0.0940. The average Bonchev–Trinajstić information content (AvgIpc) is 3.57. The molecule has 6 nitrogen and oxygen atoms in total. The summed E-state index contributed by atoms with van der Waals surface area (Å²) in [5.41, 5.74) is 4.81. The van der Waals surface area contributed by atoms with Crippen LogP contribution >= 0.6 is 22.9 Å². The van der Waals surface area contributed by atoms with Gasteiger partial charge in [-0.2, -0.15) is 5.10 Å². The second-order valence-corrected chi connectivity index (χ2v) is 9.76. The van der Waals surface area contributed by atoms with E-state index in [1.165, 1.54) is 11.3 Å². The third kappa shape index (κ3) is 3.96. The van der Waals surface area contributed by atoms with E-state index in [0.29, 0.717) is 26.9 Å². The van der Waals surface area contributed by atoms with Crippen LogP contribution in [0.15, 0.2) is 83.8 Å². The maximum absolute atomic E-state index is 13.4. The number of hydrogen-bond acceptors (Lipinski definition) is 5. The second kappa shape index (κ2) is 9.26. The van der Waals surface area contributed by atoms with Crippen LogP contribution in [-0.2, 0) is 0 Å². The van der Waals surface area contributed by atoms with Crippen LogP contribution in [0.25, 0.3) is 39.0 Å². The molecule has 0 atom stereocenters. The summed E-state index contributed by atoms with van der Waals surface area (Å²) in [4.78, 5) is 18.7. The molecule has 6 aromatic rings. The molecule has 0 aliphatic rings. The Kier molecular flexibility index (Phi) is 5.79. The molecule has 0 radical (unpaired) electrons. The standard InChI is InChI=1S/C28H21ClN4O2S/c1-2-14-35-24-13-12-18(15-21(24)29)26-19(17-32(31-26)20-8-4-3-5-9-20)16-25-27(34)33-23-11-7-6-10-22(23)30-28(33)36-25/h3-13,15-17H,2,14H2,1H3/b25-16+. The molecule has 0 saturated heterocycles. The largest absolute Gasteiger partial charge is 0.492 e. The summed E-state index contributed by atoms with van der Waals surface area (Å²) in [7, 11) is 0. The Morgan fingerprint density at radius 3 is 2.67 bits per heavy atom. The van der Waals surface area contributed by atoms with Crippen molar-refractivity contribution < 1.29 is 4.74 Å². The topological polar surface area (TPSA) is 61.4 Å². The summed E-state index contributed by atoms with van der Waals surface area (Å²) < 4.78 is 9.81. The highest BCUT2D eigenvalue weighted by atomic mass is 35.5. The molecule has 0 spiro atoms. The Labute approximate surface area is 215 Å². The van der Waals surface area contributed by atoms with Crippen molar-refractivity contribution in [2.45, 2.75) is 13.3 Å². The minimum atomic E-state index is -0.0940. The van der Waals surface area contributed by atoms with Gasteiger partial charge in [0.15, 0.2) is 4.96 Å². The number of benzene rings is 3. The first kappa shape index (κ1) is 22.5. The molecule has 0 fully saturated rings. The molecule has 36 heavy (non-hydrogen) atoms. The van der Waals surface area contributed by atoms with Gasteiger partial charge in [-0.15, -0.1) is 0 Å². The molecule has 178 valence electrons. The molecular formula is C28H21ClN4O2S. The number of aromatic nitrogens is 4. The minimum Gasteiger partial charge on any atom is -0.492 e. The van der Waals surface area contributed by atoms with Crippen molar-refractivity contribution in [2.24, 2.45) is 0 Å². The van der Waals surface area contributed by atoms with Gasteiger partial charge in [0.25, 0.3) is 5.56 Å². The van der Waals surface area contributed by atoms with E-state index < -0.39 is 0 Å². The number of halogens is 1. The zero-order valence-corrected chi connectivity index (χ0v) is 21.0. The smallest absolute Gasteiger partial charge is 0.274 e. The van der Waals surface area contributed by atoms with Crippen LogP contribution in [0.5, 0.6) is 5.75 Å². The Balaban J connectivity index is 1.52. The number of thiazole rings is 1. The van der Waals surface area contributed by atoms with E-state index in [2.05, 4.69) is 11.9 Å². The maximum atomic E-state index is 13.4. The fourth-order valence-corrected chi connectivity index (χ4v) is 5.37. The fourth-order valence-electron chi connectivity index (χ4n) is 4.16. The lowest BCUT2D eigenvalue weighted by molar-refractivity contribution is 0.317. The predicted octanol–water partition coefficient (Wildman–Crippen LogP) is 5.75. The monoisotopic (exact) mass is 512 g/mol. The molecule has 3 aromatic carbocycles. The van der Waals surface area contributed by atoms with E-state index in [4.69, 9.17) is 21.4 Å². The number of rotatable bonds is 6. The lowest BCUT2D eigenvalue weighted by Gasteiger charge is -2.08. The first-order chi connectivity index (χ1) is 17.6. The summed E-state index contributed by atoms with van der Waals surface area (Å²) in [5, 5.41) is 5.39. The van der Waals surface area contributed by atoms with Crippen molar-refractivity contribution in [1.82, 2.24) is 19.2 Å². The van der Waals surface area contributed by atoms with Gasteiger partial charge in [0.05, 0.1) is 32.9 Å². The lowest BCUT2D eigenvalue weighted by Crippen LogP contribution is -2.22. The Morgan fingerprint density at radius 2 is 1.86 bits per heavy atom. The molecule has 0 saturated carbocycles. The van der Waals surface area contributed by atoms with Gasteiger partial charge in [0.2, 0.25) is 0 Å². The SMILES string of the molecule is CCCOc1ccc(-c2nn(-c3ccccc3)cc2/C=c2/sc3nc4ccccc4n3c2=O)cc1Cl. The number of nitrogens with zero attached hydrogens (tertiary/aromatic N) is 4. The molecule has 6 rings (SSSR count). The predicted molar refractivity (Wildman–Crippen MR) is 145 cm³/mol. The van der Waals surface area contributed by atoms with E-state index >= 15 is 0 Å². The molecule has 3 heterocycles. The Morgan fingerprint density at radius 1 is 1.06 bits per heavy atom. The summed E-state index contributed by atoms with van der Waals surface area (Å²) in [6.45, 7) is 2.65. The lowest BCUT2D eigenvalue weighted by atomic mass is 10.1. The Bertz CT molecular complexity index is 1820. The van der Waals surface area contributed by atoms with Crippen LogP contribution in [-0.4, -0.2) is 25.8 Å². The van der Waals surface area contributed by atoms with Gasteiger partial charge in [-0.25, -0.2) is 14.1 Å². The van der Waals surface area contributed by atoms with E-state index in [1.807, 2.05) is 89.8 Å². The van der Waals surface area contributed by atoms with Crippen molar-refractivity contribution in [3.05, 3.63) is 104 Å². The first-order valence-corrected chi connectivity index (χ1v) is 12.8. The van der Waals surface area contributed by atoms with Crippen molar-refractivity contribution in [2.75, 3.05) is 6.61 Å². The molecule has 0 N–H and O–H groups in total. The number of fused-ring (bicyclic) bond motifs is 3. The van der Waals surface area contributed by atoms with Crippen molar-refractivity contribution >= 4 is 45.0 Å². The van der Waals surface area contributed by atoms with Gasteiger partial charge in [-0.05, 0) is 55.0 Å². The third-order valence-electron chi connectivity index (χ3n) is 5.86. The highest BCUT2D eigenvalue weighted by molar-refractivity contribution is 7.15. The van der Waals surface area contributed by atoms with E-state index in [-0.39, 0.29) is 5.56 Å². The number of ether oxygens (including phenoxy) is 1. The zero-order chi connectivity index (χ0) is 24.6. The third-order valence-corrected chi connectivity index (χ3v) is 7.13. The van der Waals surface area contributed by atoms with Gasteiger partial charge in [0.1, 0.15) is 11.4 Å². The van der Waals surface area contributed by atoms with Gasteiger partial charge >= 0.3 is 0 Å². The van der Waals surface area contributed by atoms with Crippen LogP contribution in [0.2, 0.25) is 5.02 Å². The molecule has 0 bridgehead atoms. The molecule has 8 heteroatoms. The van der Waals surface area contributed by atoms with Crippen molar-refractivity contribution in [3.8, 4) is 22.7 Å². The summed E-state index contributed by atoms with van der Waals surface area (Å²) in [5.74, 6) is 0.642. The van der Waals surface area contributed by atoms with Crippen molar-refractivity contribution in [1.29, 1.82) is 0 Å². The molecule has 0 amide bonds. The normalized spacial score (nSPS) is 12.1. The number of imidazole rings is 1. The second-order valence-electron chi connectivity index (χ2n) is 8.34. The quantitative estimate of drug-likeness (QED) is 0.285. The van der Waals surface area contributed by atoms with Gasteiger partial charge in [-0.3, -0.25) is 4.79 Å². The van der Waals surface area contributed by atoms with Crippen LogP contribution in [0.1, 0.15) is 18.9 Å². The molecule has 0 aliphatic carbocycles. The van der Waals surface area contributed by atoms with Gasteiger partial charge in [-0.1, -0.05) is 60.2 Å². The average molecular weight is 513 g/mol. The summed E-state index contributed by atoms with van der Waals surface area (Å²) >= 11 is 7.91. The van der Waals surface area contributed by atoms with E-state index in [1.54, 1.807) is 4.40 Å². The van der Waals surface area contributed by atoms with Gasteiger partial charge < -0.3 is 4.74 Å². The van der Waals surface area contributed by atoms with Crippen LogP contribution in [0.3, 0.4) is 0 Å². The number of hydrogen-bond donors (Lipinski definition) is 0. The van der Waals surface area contributed by atoms with Crippen LogP contribution in [0.4, 0.5) is 0 Å². The molecule has 0 aliphatic heterocycles. The fraction of sp³-hybridized carbons (Fsp3) is 0.107. The Hall–Kier alpha value is -3.94. The highest BCUT2D eigenvalue weighted by Crippen LogP contribution is 2.32. The molecule has 3 aromatic heterocycles. The molecular weight excluding hydrogens is 492 g/mol. The summed E-state index contributed by atoms with van der Waals surface area (Å²) in [6, 6.07) is 23.2. The zero-order valence-electron chi connectivity index (χ0n) is 19.4. The van der Waals surface area contributed by atoms with Crippen molar-refractivity contribution in [3.63, 3.8) is 0 Å². The van der Waals surface area contributed by atoms with E-state index in [9.17, 15) is 4.79 Å². The number of para-hydroxylation sites is 3. The summed E-state index contributed by atoms with van der Waals surface area (Å²) in [6.07, 6.45) is 4.71. The van der Waals surface area contributed by atoms with Gasteiger partial charge in [0, 0.05) is 17.3 Å². The highest BCUT2D eigenvalue weighted by Gasteiger charge is 2.15. The van der Waals surface area contributed by atoms with Crippen LogP contribution in [0, 0.1) is 0 Å². The van der Waals surface area contributed by atoms with Crippen LogP contribution < -0.4 is 14.8 Å².